The zero-order valence-electron chi connectivity index (χ0n) is 14.4. The number of amides is 1. The topological polar surface area (TPSA) is 49.8 Å². The average molecular weight is 339 g/mol. The maximum atomic E-state index is 12.5. The van der Waals surface area contributed by atoms with Crippen LogP contribution in [0.25, 0.3) is 0 Å². The maximum Gasteiger partial charge on any atom is 0.410 e. The lowest BCUT2D eigenvalue weighted by Gasteiger charge is -2.36. The van der Waals surface area contributed by atoms with Gasteiger partial charge in [0.25, 0.3) is 0 Å². The zero-order chi connectivity index (χ0) is 17.5. The molecule has 1 saturated heterocycles. The van der Waals surface area contributed by atoms with Crippen molar-refractivity contribution in [3.63, 3.8) is 0 Å². The molecule has 2 aromatic rings. The van der Waals surface area contributed by atoms with Crippen molar-refractivity contribution in [2.75, 3.05) is 6.54 Å². The number of hydrogen-bond acceptors (Lipinski definition) is 3. The predicted molar refractivity (Wildman–Crippen MR) is 97.0 cm³/mol. The molecule has 1 heterocycles. The van der Waals surface area contributed by atoms with Crippen molar-refractivity contribution in [3.05, 3.63) is 71.8 Å². The summed E-state index contributed by atoms with van der Waals surface area (Å²) in [6.07, 6.45) is 2.67. The summed E-state index contributed by atoms with van der Waals surface area (Å²) in [4.78, 5) is 14.3. The van der Waals surface area contributed by atoms with Crippen LogP contribution in [0.15, 0.2) is 60.7 Å². The van der Waals surface area contributed by atoms with Crippen LogP contribution in [-0.2, 0) is 11.3 Å². The molecule has 1 amide bonds. The van der Waals surface area contributed by atoms with Crippen molar-refractivity contribution in [3.8, 4) is 0 Å². The Hall–Kier alpha value is -2.33. The quantitative estimate of drug-likeness (QED) is 0.883. The van der Waals surface area contributed by atoms with E-state index in [1.165, 1.54) is 0 Å². The van der Waals surface area contributed by atoms with Gasteiger partial charge in [-0.3, -0.25) is 0 Å². The van der Waals surface area contributed by atoms with Gasteiger partial charge >= 0.3 is 6.09 Å². The molecule has 2 atom stereocenters. The lowest BCUT2D eigenvalue weighted by atomic mass is 9.94. The Kier molecular flexibility index (Phi) is 6.07. The van der Waals surface area contributed by atoms with E-state index in [0.29, 0.717) is 13.0 Å². The molecule has 1 aliphatic rings. The highest BCUT2D eigenvalue weighted by Crippen LogP contribution is 2.27. The molecule has 1 fully saturated rings. The molecule has 2 aromatic carbocycles. The molecule has 0 aliphatic carbocycles. The first kappa shape index (κ1) is 17.5. The van der Waals surface area contributed by atoms with Crippen LogP contribution < -0.4 is 0 Å². The van der Waals surface area contributed by atoms with Crippen molar-refractivity contribution >= 4 is 6.09 Å². The van der Waals surface area contributed by atoms with Gasteiger partial charge in [0.05, 0.1) is 6.10 Å². The number of carbonyl (C=O) groups excluding carboxylic acids is 1. The van der Waals surface area contributed by atoms with Gasteiger partial charge in [-0.1, -0.05) is 60.7 Å². The number of hydrogen-bond donors (Lipinski definition) is 1. The third-order valence-electron chi connectivity index (χ3n) is 4.75. The van der Waals surface area contributed by atoms with Crippen molar-refractivity contribution in [2.24, 2.45) is 0 Å². The van der Waals surface area contributed by atoms with Gasteiger partial charge in [-0.2, -0.15) is 0 Å². The van der Waals surface area contributed by atoms with E-state index in [2.05, 4.69) is 0 Å². The lowest BCUT2D eigenvalue weighted by molar-refractivity contribution is 0.0481. The monoisotopic (exact) mass is 339 g/mol. The molecular formula is C21H25NO3. The Balaban J connectivity index is 1.59. The fraction of sp³-hybridized carbons (Fsp3) is 0.381. The van der Waals surface area contributed by atoms with Gasteiger partial charge in [0, 0.05) is 12.6 Å². The number of nitrogens with zero attached hydrogens (tertiary/aromatic N) is 1. The molecule has 4 nitrogen and oxygen atoms in total. The van der Waals surface area contributed by atoms with Gasteiger partial charge in [0.1, 0.15) is 6.61 Å². The second-order valence-electron chi connectivity index (χ2n) is 6.55. The summed E-state index contributed by atoms with van der Waals surface area (Å²) in [5.41, 5.74) is 1.87. The number of benzene rings is 2. The van der Waals surface area contributed by atoms with Crippen LogP contribution in [0.4, 0.5) is 4.79 Å². The van der Waals surface area contributed by atoms with Crippen molar-refractivity contribution in [1.82, 2.24) is 4.90 Å². The number of likely N-dealkylation sites (tertiary alicyclic amines) is 1. The van der Waals surface area contributed by atoms with E-state index in [1.807, 2.05) is 60.7 Å². The van der Waals surface area contributed by atoms with Gasteiger partial charge in [-0.15, -0.1) is 0 Å². The number of rotatable bonds is 5. The molecule has 1 N–H and O–H groups in total. The smallest absolute Gasteiger partial charge is 0.410 e. The SMILES string of the molecule is O=C(OCc1ccccc1)N1CCCC[C@@H]1C[C@H](O)c1ccccc1. The molecule has 0 saturated carbocycles. The minimum Gasteiger partial charge on any atom is -0.445 e. The number of piperidine rings is 1. The van der Waals surface area contributed by atoms with E-state index in [-0.39, 0.29) is 18.7 Å². The van der Waals surface area contributed by atoms with Gasteiger partial charge in [-0.05, 0) is 36.8 Å². The first-order chi connectivity index (χ1) is 12.2. The van der Waals surface area contributed by atoms with Gasteiger partial charge in [0.2, 0.25) is 0 Å². The zero-order valence-corrected chi connectivity index (χ0v) is 14.4. The van der Waals surface area contributed by atoms with Crippen LogP contribution in [0.1, 0.15) is 42.9 Å². The Labute approximate surface area is 149 Å². The van der Waals surface area contributed by atoms with Gasteiger partial charge in [-0.25, -0.2) is 4.79 Å². The summed E-state index contributed by atoms with van der Waals surface area (Å²) < 4.78 is 5.49. The number of carbonyl (C=O) groups is 1. The van der Waals surface area contributed by atoms with E-state index in [9.17, 15) is 9.90 Å². The number of aliphatic hydroxyl groups excluding tert-OH is 1. The Morgan fingerprint density at radius 3 is 2.48 bits per heavy atom. The standard InChI is InChI=1S/C21H25NO3/c23-20(18-11-5-2-6-12-18)15-19-13-7-8-14-22(19)21(24)25-16-17-9-3-1-4-10-17/h1-6,9-12,19-20,23H,7-8,13-16H2/t19-,20+/m1/s1. The fourth-order valence-electron chi connectivity index (χ4n) is 3.36. The highest BCUT2D eigenvalue weighted by Gasteiger charge is 2.29. The fourth-order valence-corrected chi connectivity index (χ4v) is 3.36. The molecule has 0 radical (unpaired) electrons. The van der Waals surface area contributed by atoms with Crippen LogP contribution in [0.5, 0.6) is 0 Å². The molecule has 0 unspecified atom stereocenters. The first-order valence-electron chi connectivity index (χ1n) is 8.94. The van der Waals surface area contributed by atoms with Crippen LogP contribution in [-0.4, -0.2) is 28.7 Å². The van der Waals surface area contributed by atoms with E-state index in [0.717, 1.165) is 30.4 Å². The molecule has 132 valence electrons. The van der Waals surface area contributed by atoms with Crippen LogP contribution >= 0.6 is 0 Å². The van der Waals surface area contributed by atoms with Crippen molar-refractivity contribution in [1.29, 1.82) is 0 Å². The summed E-state index contributed by atoms with van der Waals surface area (Å²) in [5, 5.41) is 10.5. The molecule has 25 heavy (non-hydrogen) atoms. The number of aliphatic hydroxyl groups is 1. The van der Waals surface area contributed by atoms with Gasteiger partial charge in [0.15, 0.2) is 0 Å². The average Bonchev–Trinajstić information content (AvgIpc) is 2.68. The summed E-state index contributed by atoms with van der Waals surface area (Å²) in [7, 11) is 0. The second kappa shape index (κ2) is 8.67. The van der Waals surface area contributed by atoms with Crippen LogP contribution in [0.3, 0.4) is 0 Å². The summed E-state index contributed by atoms with van der Waals surface area (Å²) in [6.45, 7) is 0.976. The number of ether oxygens (including phenoxy) is 1. The second-order valence-corrected chi connectivity index (χ2v) is 6.55. The van der Waals surface area contributed by atoms with Crippen LogP contribution in [0, 0.1) is 0 Å². The Bertz CT molecular complexity index is 659. The van der Waals surface area contributed by atoms with E-state index in [1.54, 1.807) is 4.90 Å². The molecule has 0 spiro atoms. The summed E-state index contributed by atoms with van der Waals surface area (Å²) in [5.74, 6) is 0. The molecule has 4 heteroatoms. The normalized spacial score (nSPS) is 18.6. The maximum absolute atomic E-state index is 12.5. The molecule has 3 rings (SSSR count). The van der Waals surface area contributed by atoms with Crippen molar-refractivity contribution < 1.29 is 14.6 Å². The Morgan fingerprint density at radius 1 is 1.08 bits per heavy atom. The molecule has 0 aromatic heterocycles. The highest BCUT2D eigenvalue weighted by molar-refractivity contribution is 5.68. The largest absolute Gasteiger partial charge is 0.445 e. The first-order valence-corrected chi connectivity index (χ1v) is 8.94. The van der Waals surface area contributed by atoms with E-state index < -0.39 is 6.10 Å². The Morgan fingerprint density at radius 2 is 1.76 bits per heavy atom. The summed E-state index contributed by atoms with van der Waals surface area (Å²) in [6, 6.07) is 19.3. The minimum atomic E-state index is -0.561. The molecule has 0 bridgehead atoms. The third kappa shape index (κ3) is 4.83. The minimum absolute atomic E-state index is 0.0206. The van der Waals surface area contributed by atoms with E-state index >= 15 is 0 Å². The highest BCUT2D eigenvalue weighted by atomic mass is 16.6. The lowest BCUT2D eigenvalue weighted by Crippen LogP contribution is -2.44. The predicted octanol–water partition coefficient (Wildman–Crippen LogP) is 4.30. The van der Waals surface area contributed by atoms with Gasteiger partial charge < -0.3 is 14.7 Å². The third-order valence-corrected chi connectivity index (χ3v) is 4.75. The van der Waals surface area contributed by atoms with Crippen LogP contribution in [0.2, 0.25) is 0 Å². The molecular weight excluding hydrogens is 314 g/mol. The molecule has 1 aliphatic heterocycles. The summed E-state index contributed by atoms with van der Waals surface area (Å²) >= 11 is 0. The van der Waals surface area contributed by atoms with Crippen molar-refractivity contribution in [2.45, 2.75) is 44.4 Å². The van der Waals surface area contributed by atoms with E-state index in [4.69, 9.17) is 4.74 Å².